The summed E-state index contributed by atoms with van der Waals surface area (Å²) < 4.78 is 45.0. The second-order valence-corrected chi connectivity index (χ2v) is 7.44. The van der Waals surface area contributed by atoms with E-state index in [1.54, 1.807) is 38.1 Å². The molecule has 2 unspecified atom stereocenters. The van der Waals surface area contributed by atoms with Gasteiger partial charge in [-0.25, -0.2) is 4.79 Å². The van der Waals surface area contributed by atoms with E-state index in [9.17, 15) is 22.8 Å². The monoisotopic (exact) mass is 442 g/mol. The summed E-state index contributed by atoms with van der Waals surface area (Å²) in [4.78, 5) is 27.4. The third-order valence-electron chi connectivity index (χ3n) is 5.47. The Morgan fingerprint density at radius 3 is 2.41 bits per heavy atom. The Kier molecular flexibility index (Phi) is 6.40. The topological polar surface area (TPSA) is 70.4 Å². The molecule has 8 heteroatoms. The predicted molar refractivity (Wildman–Crippen MR) is 111 cm³/mol. The summed E-state index contributed by atoms with van der Waals surface area (Å²) in [6.45, 7) is 4.89. The highest BCUT2D eigenvalue weighted by molar-refractivity contribution is 6.05. The Labute approximate surface area is 183 Å². The molecule has 0 spiro atoms. The van der Waals surface area contributed by atoms with E-state index < -0.39 is 35.5 Å². The number of rotatable bonds is 4. The van der Waals surface area contributed by atoms with Crippen LogP contribution in [0.3, 0.4) is 0 Å². The van der Waals surface area contributed by atoms with E-state index in [1.807, 2.05) is 6.07 Å². The second kappa shape index (κ2) is 8.87. The van der Waals surface area contributed by atoms with Crippen LogP contribution in [0.1, 0.15) is 43.4 Å². The molecule has 0 fully saturated rings. The van der Waals surface area contributed by atoms with Crippen molar-refractivity contribution >= 4 is 17.6 Å². The van der Waals surface area contributed by atoms with Crippen molar-refractivity contribution in [3.05, 3.63) is 76.5 Å². The number of nitrogens with zero attached hydrogens (tertiary/aromatic N) is 2. The third-order valence-corrected chi connectivity index (χ3v) is 5.47. The zero-order chi connectivity index (χ0) is 23.6. The summed E-state index contributed by atoms with van der Waals surface area (Å²) in [5, 5.41) is 9.05. The number of carbonyl (C=O) groups excluding carboxylic acids is 2. The molecule has 0 saturated carbocycles. The molecule has 1 aliphatic rings. The molecule has 166 valence electrons. The Bertz CT molecular complexity index is 1110. The molecule has 1 aliphatic heterocycles. The van der Waals surface area contributed by atoms with Gasteiger partial charge in [0.25, 0.3) is 0 Å². The maximum absolute atomic E-state index is 13.3. The molecule has 32 heavy (non-hydrogen) atoms. The van der Waals surface area contributed by atoms with E-state index in [0.717, 1.165) is 17.0 Å². The highest BCUT2D eigenvalue weighted by Crippen LogP contribution is 2.43. The molecule has 0 aliphatic carbocycles. The van der Waals surface area contributed by atoms with Gasteiger partial charge in [0.05, 0.1) is 29.4 Å². The van der Waals surface area contributed by atoms with Crippen LogP contribution >= 0.6 is 0 Å². The predicted octanol–water partition coefficient (Wildman–Crippen LogP) is 5.18. The van der Waals surface area contributed by atoms with E-state index in [0.29, 0.717) is 11.1 Å². The van der Waals surface area contributed by atoms with Gasteiger partial charge in [-0.3, -0.25) is 9.69 Å². The van der Waals surface area contributed by atoms with Crippen LogP contribution < -0.4 is 4.90 Å². The van der Waals surface area contributed by atoms with Crippen LogP contribution in [0.4, 0.5) is 18.9 Å². The summed E-state index contributed by atoms with van der Waals surface area (Å²) in [5.74, 6) is -2.52. The number of benzene rings is 2. The number of hydrogen-bond acceptors (Lipinski definition) is 4. The Morgan fingerprint density at radius 1 is 1.19 bits per heavy atom. The molecule has 5 nitrogen and oxygen atoms in total. The van der Waals surface area contributed by atoms with Gasteiger partial charge in [0.2, 0.25) is 5.91 Å². The summed E-state index contributed by atoms with van der Waals surface area (Å²) in [7, 11) is 0. The highest BCUT2D eigenvalue weighted by Gasteiger charge is 2.43. The fourth-order valence-corrected chi connectivity index (χ4v) is 3.95. The summed E-state index contributed by atoms with van der Waals surface area (Å²) in [6.07, 6.45) is -4.58. The standard InChI is InChI=1S/C24H21F3N2O3/c1-4-32-23(31)21-15(3)29(19-7-5-6-18(12-19)24(25,26)27)22(30)14(2)20(21)17-10-8-16(13-28)9-11-17/h5-12,14,20H,4H2,1-3H3. The minimum absolute atomic E-state index is 0.0225. The molecule has 0 aromatic heterocycles. The first-order valence-corrected chi connectivity index (χ1v) is 9.99. The Hall–Kier alpha value is -3.60. The van der Waals surface area contributed by atoms with Gasteiger partial charge in [0.15, 0.2) is 0 Å². The second-order valence-electron chi connectivity index (χ2n) is 7.44. The van der Waals surface area contributed by atoms with Gasteiger partial charge in [-0.05, 0) is 49.7 Å². The molecule has 0 saturated heterocycles. The first kappa shape index (κ1) is 23.1. The number of esters is 1. The largest absolute Gasteiger partial charge is 0.463 e. The van der Waals surface area contributed by atoms with Crippen LogP contribution in [0.2, 0.25) is 0 Å². The maximum atomic E-state index is 13.3. The number of anilines is 1. The number of carbonyl (C=O) groups is 2. The van der Waals surface area contributed by atoms with Gasteiger partial charge >= 0.3 is 12.1 Å². The minimum Gasteiger partial charge on any atom is -0.463 e. The summed E-state index contributed by atoms with van der Waals surface area (Å²) in [6, 6.07) is 13.0. The number of nitriles is 1. The first-order valence-electron chi connectivity index (χ1n) is 9.99. The van der Waals surface area contributed by atoms with E-state index in [4.69, 9.17) is 10.00 Å². The third kappa shape index (κ3) is 4.24. The summed E-state index contributed by atoms with van der Waals surface area (Å²) >= 11 is 0. The van der Waals surface area contributed by atoms with Gasteiger partial charge in [-0.2, -0.15) is 18.4 Å². The average molecular weight is 442 g/mol. The van der Waals surface area contributed by atoms with Crippen LogP contribution in [-0.2, 0) is 20.5 Å². The lowest BCUT2D eigenvalue weighted by molar-refractivity contribution is -0.140. The van der Waals surface area contributed by atoms with Crippen molar-refractivity contribution in [3.63, 3.8) is 0 Å². The van der Waals surface area contributed by atoms with E-state index in [-0.39, 0.29) is 23.6 Å². The molecular weight excluding hydrogens is 421 g/mol. The lowest BCUT2D eigenvalue weighted by atomic mass is 9.76. The van der Waals surface area contributed by atoms with Crippen molar-refractivity contribution in [2.24, 2.45) is 5.92 Å². The van der Waals surface area contributed by atoms with Crippen LogP contribution in [0, 0.1) is 17.2 Å². The van der Waals surface area contributed by atoms with E-state index in [1.165, 1.54) is 19.1 Å². The molecule has 0 bridgehead atoms. The van der Waals surface area contributed by atoms with Crippen LogP contribution in [0.25, 0.3) is 0 Å². The SMILES string of the molecule is CCOC(=O)C1=C(C)N(c2cccc(C(F)(F)F)c2)C(=O)C(C)C1c1ccc(C#N)cc1. The number of ether oxygens (including phenoxy) is 1. The van der Waals surface area contributed by atoms with Crippen LogP contribution in [-0.4, -0.2) is 18.5 Å². The Balaban J connectivity index is 2.19. The Morgan fingerprint density at radius 2 is 1.84 bits per heavy atom. The number of halogens is 3. The normalized spacial score (nSPS) is 19.0. The number of hydrogen-bond donors (Lipinski definition) is 0. The molecule has 1 heterocycles. The zero-order valence-electron chi connectivity index (χ0n) is 17.7. The average Bonchev–Trinajstić information content (AvgIpc) is 2.76. The van der Waals surface area contributed by atoms with Crippen LogP contribution in [0.15, 0.2) is 59.8 Å². The lowest BCUT2D eigenvalue weighted by Crippen LogP contribution is -2.44. The number of amides is 1. The van der Waals surface area contributed by atoms with Gasteiger partial charge in [-0.1, -0.05) is 25.1 Å². The quantitative estimate of drug-likeness (QED) is 0.612. The first-order chi connectivity index (χ1) is 15.1. The fraction of sp³-hybridized carbons (Fsp3) is 0.292. The van der Waals surface area contributed by atoms with Crippen LogP contribution in [0.5, 0.6) is 0 Å². The molecule has 0 radical (unpaired) electrons. The molecule has 0 N–H and O–H groups in total. The van der Waals surface area contributed by atoms with Gasteiger partial charge < -0.3 is 4.74 Å². The van der Waals surface area contributed by atoms with Crippen molar-refractivity contribution in [1.82, 2.24) is 0 Å². The van der Waals surface area contributed by atoms with Gasteiger partial charge in [-0.15, -0.1) is 0 Å². The van der Waals surface area contributed by atoms with E-state index >= 15 is 0 Å². The molecular formula is C24H21F3N2O3. The summed E-state index contributed by atoms with van der Waals surface area (Å²) in [5.41, 5.74) is 0.592. The smallest absolute Gasteiger partial charge is 0.416 e. The van der Waals surface area contributed by atoms with Crippen molar-refractivity contribution in [2.45, 2.75) is 32.9 Å². The minimum atomic E-state index is -4.58. The van der Waals surface area contributed by atoms with Gasteiger partial charge in [0, 0.05) is 23.2 Å². The van der Waals surface area contributed by atoms with Crippen molar-refractivity contribution in [3.8, 4) is 6.07 Å². The van der Waals surface area contributed by atoms with E-state index in [2.05, 4.69) is 0 Å². The van der Waals surface area contributed by atoms with Crippen molar-refractivity contribution in [1.29, 1.82) is 5.26 Å². The lowest BCUT2D eigenvalue weighted by Gasteiger charge is -2.38. The molecule has 2 aromatic rings. The zero-order valence-corrected chi connectivity index (χ0v) is 17.7. The number of alkyl halides is 3. The molecule has 1 amide bonds. The maximum Gasteiger partial charge on any atom is 0.416 e. The molecule has 3 rings (SSSR count). The van der Waals surface area contributed by atoms with Crippen molar-refractivity contribution < 1.29 is 27.5 Å². The highest BCUT2D eigenvalue weighted by atomic mass is 19.4. The molecule has 2 atom stereocenters. The molecule has 2 aromatic carbocycles. The van der Waals surface area contributed by atoms with Crippen molar-refractivity contribution in [2.75, 3.05) is 11.5 Å². The fourth-order valence-electron chi connectivity index (χ4n) is 3.95. The van der Waals surface area contributed by atoms with Gasteiger partial charge in [0.1, 0.15) is 0 Å². The number of allylic oxidation sites excluding steroid dienone is 1.